The Morgan fingerprint density at radius 3 is 2.75 bits per heavy atom. The predicted molar refractivity (Wildman–Crippen MR) is 80.5 cm³/mol. The van der Waals surface area contributed by atoms with Crippen LogP contribution in [-0.4, -0.2) is 5.11 Å². The lowest BCUT2D eigenvalue weighted by atomic mass is 10.1. The van der Waals surface area contributed by atoms with E-state index in [9.17, 15) is 9.50 Å². The van der Waals surface area contributed by atoms with E-state index in [0.29, 0.717) is 21.9 Å². The van der Waals surface area contributed by atoms with Crippen molar-refractivity contribution < 1.29 is 14.2 Å². The van der Waals surface area contributed by atoms with Gasteiger partial charge in [-0.3, -0.25) is 0 Å². The summed E-state index contributed by atoms with van der Waals surface area (Å²) in [5.41, 5.74) is 1.01. The van der Waals surface area contributed by atoms with Crippen LogP contribution in [0.1, 0.15) is 24.2 Å². The second-order valence-corrected chi connectivity index (χ2v) is 5.73. The van der Waals surface area contributed by atoms with E-state index in [1.54, 1.807) is 25.1 Å². The predicted octanol–water partition coefficient (Wildman–Crippen LogP) is 4.87. The minimum atomic E-state index is -0.674. The van der Waals surface area contributed by atoms with Gasteiger partial charge in [-0.25, -0.2) is 4.39 Å². The van der Waals surface area contributed by atoms with Crippen molar-refractivity contribution in [2.75, 3.05) is 0 Å². The first-order chi connectivity index (χ1) is 9.47. The number of rotatable bonds is 4. The largest absolute Gasteiger partial charge is 0.488 e. The van der Waals surface area contributed by atoms with Crippen LogP contribution >= 0.6 is 27.5 Å². The van der Waals surface area contributed by atoms with Crippen LogP contribution in [0.5, 0.6) is 5.75 Å². The minimum absolute atomic E-state index is 0.0494. The molecule has 1 unspecified atom stereocenters. The molecule has 0 saturated heterocycles. The minimum Gasteiger partial charge on any atom is -0.488 e. The number of halogens is 3. The van der Waals surface area contributed by atoms with Gasteiger partial charge in [0.25, 0.3) is 0 Å². The molecule has 0 radical (unpaired) electrons. The molecule has 0 spiro atoms. The highest BCUT2D eigenvalue weighted by Crippen LogP contribution is 2.29. The molecule has 0 amide bonds. The van der Waals surface area contributed by atoms with E-state index >= 15 is 0 Å². The summed E-state index contributed by atoms with van der Waals surface area (Å²) in [6.07, 6.45) is -0.674. The highest BCUT2D eigenvalue weighted by molar-refractivity contribution is 9.10. The van der Waals surface area contributed by atoms with Crippen LogP contribution in [0.4, 0.5) is 4.39 Å². The summed E-state index contributed by atoms with van der Waals surface area (Å²) in [4.78, 5) is 0. The van der Waals surface area contributed by atoms with Gasteiger partial charge in [0, 0.05) is 20.6 Å². The molecular weight excluding hydrogens is 347 g/mol. The van der Waals surface area contributed by atoms with E-state index in [1.165, 1.54) is 18.2 Å². The third-order valence-electron chi connectivity index (χ3n) is 2.81. The Hall–Kier alpha value is -1.10. The molecule has 5 heteroatoms. The van der Waals surface area contributed by atoms with Gasteiger partial charge in [0.15, 0.2) is 0 Å². The quantitative estimate of drug-likeness (QED) is 0.843. The average Bonchev–Trinajstić information content (AvgIpc) is 2.40. The van der Waals surface area contributed by atoms with Crippen molar-refractivity contribution in [3.63, 3.8) is 0 Å². The smallest absolute Gasteiger partial charge is 0.129 e. The van der Waals surface area contributed by atoms with Crippen LogP contribution in [0, 0.1) is 5.82 Å². The van der Waals surface area contributed by atoms with E-state index in [1.807, 2.05) is 0 Å². The summed E-state index contributed by atoms with van der Waals surface area (Å²) in [7, 11) is 0. The molecule has 0 saturated carbocycles. The van der Waals surface area contributed by atoms with Gasteiger partial charge < -0.3 is 9.84 Å². The van der Waals surface area contributed by atoms with E-state index in [4.69, 9.17) is 16.3 Å². The Kier molecular flexibility index (Phi) is 5.02. The second-order valence-electron chi connectivity index (χ2n) is 4.38. The van der Waals surface area contributed by atoms with Gasteiger partial charge in [0.2, 0.25) is 0 Å². The summed E-state index contributed by atoms with van der Waals surface area (Å²) in [5.74, 6) is 0.146. The molecule has 2 nitrogen and oxygen atoms in total. The number of benzene rings is 2. The van der Waals surface area contributed by atoms with Gasteiger partial charge in [-0.1, -0.05) is 27.5 Å². The molecule has 2 rings (SSSR count). The molecule has 1 atom stereocenters. The van der Waals surface area contributed by atoms with Crippen molar-refractivity contribution in [3.05, 3.63) is 62.8 Å². The van der Waals surface area contributed by atoms with Gasteiger partial charge in [-0.05, 0) is 43.3 Å². The highest BCUT2D eigenvalue weighted by Gasteiger charge is 2.11. The van der Waals surface area contributed by atoms with Crippen molar-refractivity contribution in [1.82, 2.24) is 0 Å². The molecule has 0 aromatic heterocycles. The SMILES string of the molecule is CC(O)c1cc(Br)ccc1OCc1cc(Cl)ccc1F. The number of aliphatic hydroxyl groups is 1. The Morgan fingerprint density at radius 1 is 1.30 bits per heavy atom. The summed E-state index contributed by atoms with van der Waals surface area (Å²) >= 11 is 9.17. The molecule has 20 heavy (non-hydrogen) atoms. The zero-order valence-electron chi connectivity index (χ0n) is 10.7. The first-order valence-electron chi connectivity index (χ1n) is 6.01. The summed E-state index contributed by atoms with van der Waals surface area (Å²) in [5, 5.41) is 10.2. The van der Waals surface area contributed by atoms with Crippen LogP contribution in [-0.2, 0) is 6.61 Å². The molecule has 0 fully saturated rings. The number of aliphatic hydroxyl groups excluding tert-OH is 1. The Morgan fingerprint density at radius 2 is 2.05 bits per heavy atom. The summed E-state index contributed by atoms with van der Waals surface area (Å²) < 4.78 is 20.0. The van der Waals surface area contributed by atoms with Crippen molar-refractivity contribution in [2.45, 2.75) is 19.6 Å². The van der Waals surface area contributed by atoms with Crippen molar-refractivity contribution in [2.24, 2.45) is 0 Å². The molecule has 0 aliphatic carbocycles. The molecule has 0 aliphatic rings. The van der Waals surface area contributed by atoms with Crippen molar-refractivity contribution in [3.8, 4) is 5.75 Å². The fourth-order valence-corrected chi connectivity index (χ4v) is 2.36. The Bertz CT molecular complexity index is 617. The molecule has 2 aromatic rings. The molecular formula is C15H13BrClFO2. The van der Waals surface area contributed by atoms with Gasteiger partial charge in [0.05, 0.1) is 6.10 Å². The number of hydrogen-bond donors (Lipinski definition) is 1. The summed E-state index contributed by atoms with van der Waals surface area (Å²) in [6.45, 7) is 1.70. The van der Waals surface area contributed by atoms with Crippen molar-refractivity contribution in [1.29, 1.82) is 0 Å². The third-order valence-corrected chi connectivity index (χ3v) is 3.54. The average molecular weight is 360 g/mol. The van der Waals surface area contributed by atoms with Gasteiger partial charge in [-0.15, -0.1) is 0 Å². The van der Waals surface area contributed by atoms with Crippen molar-refractivity contribution >= 4 is 27.5 Å². The second kappa shape index (κ2) is 6.57. The van der Waals surface area contributed by atoms with E-state index in [-0.39, 0.29) is 12.4 Å². The monoisotopic (exact) mass is 358 g/mol. The molecule has 0 aliphatic heterocycles. The zero-order valence-corrected chi connectivity index (χ0v) is 13.1. The number of hydrogen-bond acceptors (Lipinski definition) is 2. The first-order valence-corrected chi connectivity index (χ1v) is 7.18. The van der Waals surface area contributed by atoms with Crippen LogP contribution in [0.3, 0.4) is 0 Å². The first kappa shape index (κ1) is 15.3. The van der Waals surface area contributed by atoms with Gasteiger partial charge >= 0.3 is 0 Å². The number of ether oxygens (including phenoxy) is 1. The molecule has 106 valence electrons. The van der Waals surface area contributed by atoms with Crippen LogP contribution in [0.2, 0.25) is 5.02 Å². The standard InChI is InChI=1S/C15H13BrClFO2/c1-9(19)13-7-11(16)2-5-15(13)20-8-10-6-12(17)3-4-14(10)18/h2-7,9,19H,8H2,1H3. The van der Waals surface area contributed by atoms with E-state index in [2.05, 4.69) is 15.9 Å². The maximum Gasteiger partial charge on any atom is 0.129 e. The van der Waals surface area contributed by atoms with Crippen LogP contribution in [0.15, 0.2) is 40.9 Å². The Labute approximate surface area is 130 Å². The van der Waals surface area contributed by atoms with Crippen LogP contribution in [0.25, 0.3) is 0 Å². The molecule has 0 heterocycles. The van der Waals surface area contributed by atoms with Gasteiger partial charge in [0.1, 0.15) is 18.2 Å². The fraction of sp³-hybridized carbons (Fsp3) is 0.200. The maximum absolute atomic E-state index is 13.6. The molecule has 0 bridgehead atoms. The topological polar surface area (TPSA) is 29.5 Å². The lowest BCUT2D eigenvalue weighted by molar-refractivity contribution is 0.189. The Balaban J connectivity index is 2.20. The van der Waals surface area contributed by atoms with Gasteiger partial charge in [-0.2, -0.15) is 0 Å². The lowest BCUT2D eigenvalue weighted by Crippen LogP contribution is -2.02. The third kappa shape index (κ3) is 3.72. The maximum atomic E-state index is 13.6. The molecule has 1 N–H and O–H groups in total. The van der Waals surface area contributed by atoms with E-state index in [0.717, 1.165) is 4.47 Å². The molecule has 2 aromatic carbocycles. The lowest BCUT2D eigenvalue weighted by Gasteiger charge is -2.14. The van der Waals surface area contributed by atoms with E-state index < -0.39 is 6.10 Å². The summed E-state index contributed by atoms with van der Waals surface area (Å²) in [6, 6.07) is 9.62. The fourth-order valence-electron chi connectivity index (χ4n) is 1.79. The van der Waals surface area contributed by atoms with Crippen LogP contribution < -0.4 is 4.74 Å². The zero-order chi connectivity index (χ0) is 14.7. The normalized spacial score (nSPS) is 12.2. The highest BCUT2D eigenvalue weighted by atomic mass is 79.9.